The van der Waals surface area contributed by atoms with Crippen LogP contribution in [0.2, 0.25) is 0 Å². The molecule has 0 radical (unpaired) electrons. The van der Waals surface area contributed by atoms with Crippen molar-refractivity contribution >= 4 is 17.3 Å². The lowest BCUT2D eigenvalue weighted by atomic mass is 10.2. The van der Waals surface area contributed by atoms with E-state index in [9.17, 15) is 4.79 Å². The van der Waals surface area contributed by atoms with Crippen molar-refractivity contribution in [3.8, 4) is 5.75 Å². The smallest absolute Gasteiger partial charge is 0.274 e. The fourth-order valence-corrected chi connectivity index (χ4v) is 1.57. The Hall–Kier alpha value is -2.50. The molecule has 0 aliphatic carbocycles. The van der Waals surface area contributed by atoms with Crippen LogP contribution in [-0.2, 0) is 7.05 Å². The van der Waals surface area contributed by atoms with Gasteiger partial charge in [0.05, 0.1) is 25.3 Å². The molecule has 0 fully saturated rings. The Labute approximate surface area is 104 Å². The van der Waals surface area contributed by atoms with Gasteiger partial charge in [-0.2, -0.15) is 0 Å². The van der Waals surface area contributed by atoms with Crippen molar-refractivity contribution < 1.29 is 9.53 Å². The number of nitrogens with one attached hydrogen (secondary N) is 1. The molecule has 1 heterocycles. The van der Waals surface area contributed by atoms with Crippen LogP contribution in [0.1, 0.15) is 10.5 Å². The number of methoxy groups -OCH3 is 1. The van der Waals surface area contributed by atoms with Gasteiger partial charge in [-0.25, -0.2) is 4.98 Å². The number of carbonyl (C=O) groups is 1. The summed E-state index contributed by atoms with van der Waals surface area (Å²) in [6.45, 7) is 0. The maximum absolute atomic E-state index is 12.0. The quantitative estimate of drug-likeness (QED) is 0.799. The minimum Gasteiger partial charge on any atom is -0.494 e. The van der Waals surface area contributed by atoms with Gasteiger partial charge < -0.3 is 20.4 Å². The van der Waals surface area contributed by atoms with E-state index in [-0.39, 0.29) is 5.91 Å². The topological polar surface area (TPSA) is 82.2 Å². The first-order valence-electron chi connectivity index (χ1n) is 5.33. The summed E-state index contributed by atoms with van der Waals surface area (Å²) >= 11 is 0. The molecule has 0 saturated carbocycles. The first-order chi connectivity index (χ1) is 8.61. The van der Waals surface area contributed by atoms with Gasteiger partial charge in [-0.3, -0.25) is 4.79 Å². The van der Waals surface area contributed by atoms with Crippen molar-refractivity contribution in [2.75, 3.05) is 18.2 Å². The largest absolute Gasteiger partial charge is 0.494 e. The second-order valence-corrected chi connectivity index (χ2v) is 3.80. The zero-order chi connectivity index (χ0) is 13.1. The summed E-state index contributed by atoms with van der Waals surface area (Å²) in [6, 6.07) is 5.04. The molecule has 94 valence electrons. The van der Waals surface area contributed by atoms with Crippen LogP contribution in [0.15, 0.2) is 30.7 Å². The number of aromatic nitrogens is 2. The number of rotatable bonds is 3. The molecule has 2 aromatic rings. The molecule has 0 bridgehead atoms. The van der Waals surface area contributed by atoms with Crippen LogP contribution in [0.4, 0.5) is 11.4 Å². The maximum Gasteiger partial charge on any atom is 0.274 e. The summed E-state index contributed by atoms with van der Waals surface area (Å²) in [5.41, 5.74) is 7.25. The molecular formula is C12H14N4O2. The molecule has 6 heteroatoms. The maximum atomic E-state index is 12.0. The second kappa shape index (κ2) is 4.79. The minimum absolute atomic E-state index is 0.252. The number of hydrogen-bond donors (Lipinski definition) is 2. The number of nitrogens with zero attached hydrogens (tertiary/aromatic N) is 2. The molecule has 0 aliphatic heterocycles. The zero-order valence-corrected chi connectivity index (χ0v) is 10.2. The number of nitrogen functional groups attached to an aromatic ring is 1. The highest BCUT2D eigenvalue weighted by atomic mass is 16.5. The third-order valence-electron chi connectivity index (χ3n) is 2.52. The summed E-state index contributed by atoms with van der Waals surface area (Å²) in [6.07, 6.45) is 3.06. The predicted molar refractivity (Wildman–Crippen MR) is 68.6 cm³/mol. The lowest BCUT2D eigenvalue weighted by Gasteiger charge is -2.10. The summed E-state index contributed by atoms with van der Waals surface area (Å²) < 4.78 is 6.80. The molecular weight excluding hydrogens is 232 g/mol. The Morgan fingerprint density at radius 2 is 2.28 bits per heavy atom. The van der Waals surface area contributed by atoms with E-state index in [1.165, 1.54) is 13.3 Å². The van der Waals surface area contributed by atoms with Crippen LogP contribution in [0, 0.1) is 0 Å². The lowest BCUT2D eigenvalue weighted by Crippen LogP contribution is -2.15. The van der Waals surface area contributed by atoms with Gasteiger partial charge in [0.1, 0.15) is 11.4 Å². The lowest BCUT2D eigenvalue weighted by molar-refractivity contribution is 0.101. The molecule has 6 nitrogen and oxygen atoms in total. The van der Waals surface area contributed by atoms with Crippen LogP contribution in [0.3, 0.4) is 0 Å². The van der Waals surface area contributed by atoms with Crippen molar-refractivity contribution in [1.29, 1.82) is 0 Å². The van der Waals surface area contributed by atoms with Gasteiger partial charge in [0.25, 0.3) is 5.91 Å². The average molecular weight is 246 g/mol. The number of nitrogens with two attached hydrogens (primary N) is 1. The second-order valence-electron chi connectivity index (χ2n) is 3.80. The predicted octanol–water partition coefficient (Wildman–Crippen LogP) is 1.26. The number of hydrogen-bond acceptors (Lipinski definition) is 4. The number of anilines is 2. The van der Waals surface area contributed by atoms with Crippen LogP contribution in [-0.4, -0.2) is 22.6 Å². The van der Waals surface area contributed by atoms with E-state index in [2.05, 4.69) is 10.3 Å². The number of imidazole rings is 1. The Balaban J connectivity index is 2.24. The van der Waals surface area contributed by atoms with Crippen LogP contribution < -0.4 is 15.8 Å². The summed E-state index contributed by atoms with van der Waals surface area (Å²) in [5.74, 6) is 0.267. The number of carbonyl (C=O) groups excluding carboxylic acids is 1. The van der Waals surface area contributed by atoms with Crippen LogP contribution in [0.25, 0.3) is 0 Å². The molecule has 2 rings (SSSR count). The fraction of sp³-hybridized carbons (Fsp3) is 0.167. The van der Waals surface area contributed by atoms with Gasteiger partial charge in [-0.05, 0) is 12.1 Å². The molecule has 0 unspecified atom stereocenters. The van der Waals surface area contributed by atoms with E-state index >= 15 is 0 Å². The first kappa shape index (κ1) is 12.0. The van der Waals surface area contributed by atoms with Crippen molar-refractivity contribution in [2.45, 2.75) is 0 Å². The average Bonchev–Trinajstić information content (AvgIpc) is 2.77. The highest BCUT2D eigenvalue weighted by molar-refractivity contribution is 6.03. The van der Waals surface area contributed by atoms with Gasteiger partial charge in [0, 0.05) is 18.8 Å². The van der Waals surface area contributed by atoms with Gasteiger partial charge in [0.15, 0.2) is 0 Å². The summed E-state index contributed by atoms with van der Waals surface area (Å²) in [4.78, 5) is 15.9. The minimum atomic E-state index is -0.252. The number of amides is 1. The van der Waals surface area contributed by atoms with E-state index in [0.29, 0.717) is 22.8 Å². The summed E-state index contributed by atoms with van der Waals surface area (Å²) in [5, 5.41) is 2.75. The van der Waals surface area contributed by atoms with E-state index in [0.717, 1.165) is 0 Å². The SMILES string of the molecule is COc1cc(N)ccc1NC(=O)c1cncn1C. The molecule has 1 aromatic carbocycles. The van der Waals surface area contributed by atoms with Crippen LogP contribution >= 0.6 is 0 Å². The monoisotopic (exact) mass is 246 g/mol. The highest BCUT2D eigenvalue weighted by Crippen LogP contribution is 2.26. The third-order valence-corrected chi connectivity index (χ3v) is 2.52. The van der Waals surface area contributed by atoms with E-state index in [1.54, 1.807) is 36.1 Å². The number of ether oxygens (including phenoxy) is 1. The molecule has 0 saturated heterocycles. The van der Waals surface area contributed by atoms with E-state index in [1.807, 2.05) is 0 Å². The Morgan fingerprint density at radius 1 is 1.50 bits per heavy atom. The van der Waals surface area contributed by atoms with Crippen molar-refractivity contribution in [1.82, 2.24) is 9.55 Å². The first-order valence-corrected chi connectivity index (χ1v) is 5.33. The standard InChI is InChI=1S/C12H14N4O2/c1-16-7-14-6-10(16)12(17)15-9-4-3-8(13)5-11(9)18-2/h3-7H,13H2,1-2H3,(H,15,17). The van der Waals surface area contributed by atoms with Gasteiger partial charge in [-0.15, -0.1) is 0 Å². The Morgan fingerprint density at radius 3 is 2.89 bits per heavy atom. The van der Waals surface area contributed by atoms with Gasteiger partial charge in [-0.1, -0.05) is 0 Å². The molecule has 1 aromatic heterocycles. The molecule has 0 atom stereocenters. The summed E-state index contributed by atoms with van der Waals surface area (Å²) in [7, 11) is 3.27. The Bertz CT molecular complexity index is 577. The third kappa shape index (κ3) is 2.27. The molecule has 1 amide bonds. The van der Waals surface area contributed by atoms with Crippen molar-refractivity contribution in [3.05, 3.63) is 36.4 Å². The zero-order valence-electron chi connectivity index (χ0n) is 10.2. The molecule has 0 spiro atoms. The van der Waals surface area contributed by atoms with E-state index in [4.69, 9.17) is 10.5 Å². The fourth-order valence-electron chi connectivity index (χ4n) is 1.57. The van der Waals surface area contributed by atoms with E-state index < -0.39 is 0 Å². The molecule has 18 heavy (non-hydrogen) atoms. The normalized spacial score (nSPS) is 10.1. The highest BCUT2D eigenvalue weighted by Gasteiger charge is 2.12. The van der Waals surface area contributed by atoms with Gasteiger partial charge in [0.2, 0.25) is 0 Å². The van der Waals surface area contributed by atoms with Crippen LogP contribution in [0.5, 0.6) is 5.75 Å². The molecule has 3 N–H and O–H groups in total. The van der Waals surface area contributed by atoms with Gasteiger partial charge >= 0.3 is 0 Å². The number of aryl methyl sites for hydroxylation is 1. The molecule has 0 aliphatic rings. The van der Waals surface area contributed by atoms with Crippen molar-refractivity contribution in [2.24, 2.45) is 7.05 Å². The Kier molecular flexibility index (Phi) is 3.18. The van der Waals surface area contributed by atoms with Crippen molar-refractivity contribution in [3.63, 3.8) is 0 Å². The number of benzene rings is 1.